The Bertz CT molecular complexity index is 408. The van der Waals surface area contributed by atoms with Crippen molar-refractivity contribution in [3.05, 3.63) is 16.1 Å². The van der Waals surface area contributed by atoms with Crippen molar-refractivity contribution >= 4 is 42.1 Å². The van der Waals surface area contributed by atoms with Gasteiger partial charge >= 0.3 is 0 Å². The average molecular weight is 340 g/mol. The Balaban J connectivity index is 0.00000180. The highest BCUT2D eigenvalue weighted by atomic mass is 35.5. The quantitative estimate of drug-likeness (QED) is 0.886. The zero-order valence-corrected chi connectivity index (χ0v) is 14.3. The second kappa shape index (κ2) is 9.55. The van der Waals surface area contributed by atoms with E-state index in [0.717, 1.165) is 43.1 Å². The van der Waals surface area contributed by atoms with Crippen LogP contribution in [0.4, 0.5) is 0 Å². The Kier molecular flexibility index (Phi) is 9.38. The number of carbonyl (C=O) groups excluding carboxylic acids is 1. The highest BCUT2D eigenvalue weighted by Gasteiger charge is 2.24. The molecule has 1 saturated heterocycles. The zero-order valence-electron chi connectivity index (χ0n) is 11.8. The average Bonchev–Trinajstić information content (AvgIpc) is 2.83. The minimum absolute atomic E-state index is 0. The number of rotatable bonds is 4. The number of amides is 1. The normalized spacial score (nSPS) is 19.4. The van der Waals surface area contributed by atoms with Crippen molar-refractivity contribution in [2.45, 2.75) is 39.2 Å². The maximum absolute atomic E-state index is 12.2. The summed E-state index contributed by atoms with van der Waals surface area (Å²) in [6.45, 7) is 5.91. The SMILES string of the molecule is CCC(NC(=O)C1CCCNC1)c1nc(C)cs1.Cl.Cl. The lowest BCUT2D eigenvalue weighted by atomic mass is 9.98. The Labute approximate surface area is 137 Å². The van der Waals surface area contributed by atoms with Gasteiger partial charge in [-0.2, -0.15) is 0 Å². The maximum atomic E-state index is 12.2. The molecule has 0 aliphatic carbocycles. The first-order chi connectivity index (χ1) is 8.70. The summed E-state index contributed by atoms with van der Waals surface area (Å²) in [7, 11) is 0. The van der Waals surface area contributed by atoms with Gasteiger partial charge in [0, 0.05) is 17.6 Å². The van der Waals surface area contributed by atoms with Gasteiger partial charge in [-0.1, -0.05) is 6.92 Å². The van der Waals surface area contributed by atoms with Gasteiger partial charge in [0.2, 0.25) is 5.91 Å². The summed E-state index contributed by atoms with van der Waals surface area (Å²) >= 11 is 1.63. The van der Waals surface area contributed by atoms with E-state index in [-0.39, 0.29) is 42.7 Å². The number of aromatic nitrogens is 1. The minimum atomic E-state index is 0. The number of hydrogen-bond donors (Lipinski definition) is 2. The molecule has 0 saturated carbocycles. The lowest BCUT2D eigenvalue weighted by Crippen LogP contribution is -2.41. The number of nitrogens with one attached hydrogen (secondary N) is 2. The predicted octanol–water partition coefficient (Wildman–Crippen LogP) is 2.86. The molecule has 4 nitrogen and oxygen atoms in total. The van der Waals surface area contributed by atoms with Crippen LogP contribution in [0.1, 0.15) is 42.9 Å². The van der Waals surface area contributed by atoms with E-state index >= 15 is 0 Å². The molecule has 2 unspecified atom stereocenters. The fourth-order valence-electron chi connectivity index (χ4n) is 2.24. The summed E-state index contributed by atoms with van der Waals surface area (Å²) in [6, 6.07) is 0.0677. The van der Waals surface area contributed by atoms with Crippen LogP contribution >= 0.6 is 36.2 Å². The van der Waals surface area contributed by atoms with Crippen molar-refractivity contribution < 1.29 is 4.79 Å². The summed E-state index contributed by atoms with van der Waals surface area (Å²) < 4.78 is 0. The second-order valence-corrected chi connectivity index (χ2v) is 5.73. The van der Waals surface area contributed by atoms with E-state index < -0.39 is 0 Å². The smallest absolute Gasteiger partial charge is 0.224 e. The molecule has 0 bridgehead atoms. The maximum Gasteiger partial charge on any atom is 0.224 e. The Morgan fingerprint density at radius 2 is 2.35 bits per heavy atom. The van der Waals surface area contributed by atoms with E-state index in [9.17, 15) is 4.79 Å². The molecule has 1 aliphatic heterocycles. The first kappa shape index (κ1) is 19.6. The molecule has 116 valence electrons. The molecular formula is C13H23Cl2N3OS. The van der Waals surface area contributed by atoms with Gasteiger partial charge in [-0.25, -0.2) is 4.98 Å². The molecule has 7 heteroatoms. The van der Waals surface area contributed by atoms with Gasteiger partial charge in [0.1, 0.15) is 5.01 Å². The van der Waals surface area contributed by atoms with Crippen molar-refractivity contribution in [1.82, 2.24) is 15.6 Å². The van der Waals surface area contributed by atoms with E-state index in [1.54, 1.807) is 11.3 Å². The van der Waals surface area contributed by atoms with Gasteiger partial charge in [-0.05, 0) is 32.7 Å². The molecular weight excluding hydrogens is 317 g/mol. The third-order valence-electron chi connectivity index (χ3n) is 3.33. The van der Waals surface area contributed by atoms with E-state index in [0.29, 0.717) is 0 Å². The lowest BCUT2D eigenvalue weighted by molar-refractivity contribution is -0.126. The molecule has 1 aromatic rings. The van der Waals surface area contributed by atoms with Crippen LogP contribution in [0.2, 0.25) is 0 Å². The fraction of sp³-hybridized carbons (Fsp3) is 0.692. The summed E-state index contributed by atoms with van der Waals surface area (Å²) in [5, 5.41) is 9.47. The van der Waals surface area contributed by atoms with Gasteiger partial charge in [-0.3, -0.25) is 4.79 Å². The first-order valence-corrected chi connectivity index (χ1v) is 7.51. The Morgan fingerprint density at radius 3 is 2.85 bits per heavy atom. The third kappa shape index (κ3) is 5.20. The van der Waals surface area contributed by atoms with E-state index in [1.165, 1.54) is 0 Å². The van der Waals surface area contributed by atoms with Crippen LogP contribution in [0.15, 0.2) is 5.38 Å². The Hall–Kier alpha value is -0.360. The molecule has 2 atom stereocenters. The largest absolute Gasteiger partial charge is 0.347 e. The van der Waals surface area contributed by atoms with E-state index in [4.69, 9.17) is 0 Å². The molecule has 1 aromatic heterocycles. The molecule has 2 N–H and O–H groups in total. The highest BCUT2D eigenvalue weighted by molar-refractivity contribution is 7.09. The molecule has 2 rings (SSSR count). The standard InChI is InChI=1S/C13H21N3OS.2ClH/c1-3-11(13-15-9(2)8-18-13)16-12(17)10-5-4-6-14-7-10;;/h8,10-11,14H,3-7H2,1-2H3,(H,16,17);2*1H. The van der Waals surface area contributed by atoms with Crippen molar-refractivity contribution in [3.63, 3.8) is 0 Å². The minimum Gasteiger partial charge on any atom is -0.347 e. The van der Waals surface area contributed by atoms with E-state index in [1.807, 2.05) is 12.3 Å². The van der Waals surface area contributed by atoms with Crippen molar-refractivity contribution in [3.8, 4) is 0 Å². The van der Waals surface area contributed by atoms with Crippen LogP contribution in [-0.4, -0.2) is 24.0 Å². The van der Waals surface area contributed by atoms with Crippen molar-refractivity contribution in [2.75, 3.05) is 13.1 Å². The number of hydrogen-bond acceptors (Lipinski definition) is 4. The molecule has 2 heterocycles. The van der Waals surface area contributed by atoms with E-state index in [2.05, 4.69) is 22.5 Å². The van der Waals surface area contributed by atoms with Crippen molar-refractivity contribution in [1.29, 1.82) is 0 Å². The number of thiazole rings is 1. The molecule has 0 spiro atoms. The molecule has 20 heavy (non-hydrogen) atoms. The van der Waals surface area contributed by atoms with Crippen molar-refractivity contribution in [2.24, 2.45) is 5.92 Å². The van der Waals surface area contributed by atoms with Gasteiger partial charge in [0.15, 0.2) is 0 Å². The molecule has 0 radical (unpaired) electrons. The summed E-state index contributed by atoms with van der Waals surface area (Å²) in [5.74, 6) is 0.288. The second-order valence-electron chi connectivity index (χ2n) is 4.84. The molecule has 1 fully saturated rings. The summed E-state index contributed by atoms with van der Waals surface area (Å²) in [6.07, 6.45) is 2.97. The van der Waals surface area contributed by atoms with Gasteiger partial charge < -0.3 is 10.6 Å². The predicted molar refractivity (Wildman–Crippen MR) is 88.1 cm³/mol. The zero-order chi connectivity index (χ0) is 13.0. The van der Waals surface area contributed by atoms with Crippen LogP contribution in [0, 0.1) is 12.8 Å². The van der Waals surface area contributed by atoms with Crippen LogP contribution in [0.3, 0.4) is 0 Å². The molecule has 1 amide bonds. The number of nitrogens with zero attached hydrogens (tertiary/aromatic N) is 1. The molecule has 0 aromatic carbocycles. The van der Waals surface area contributed by atoms with Crippen LogP contribution in [-0.2, 0) is 4.79 Å². The summed E-state index contributed by atoms with van der Waals surface area (Å²) in [5.41, 5.74) is 1.03. The summed E-state index contributed by atoms with van der Waals surface area (Å²) in [4.78, 5) is 16.6. The first-order valence-electron chi connectivity index (χ1n) is 6.63. The van der Waals surface area contributed by atoms with Crippen LogP contribution < -0.4 is 10.6 Å². The third-order valence-corrected chi connectivity index (χ3v) is 4.40. The van der Waals surface area contributed by atoms with Gasteiger partial charge in [0.05, 0.1) is 12.0 Å². The van der Waals surface area contributed by atoms with Crippen LogP contribution in [0.5, 0.6) is 0 Å². The topological polar surface area (TPSA) is 54.0 Å². The number of carbonyl (C=O) groups is 1. The fourth-order valence-corrected chi connectivity index (χ4v) is 3.17. The number of halogens is 2. The highest BCUT2D eigenvalue weighted by Crippen LogP contribution is 2.22. The monoisotopic (exact) mass is 339 g/mol. The van der Waals surface area contributed by atoms with Gasteiger partial charge in [0.25, 0.3) is 0 Å². The molecule has 1 aliphatic rings. The number of piperidine rings is 1. The van der Waals surface area contributed by atoms with Crippen LogP contribution in [0.25, 0.3) is 0 Å². The number of aryl methyl sites for hydroxylation is 1. The lowest BCUT2D eigenvalue weighted by Gasteiger charge is -2.24. The van der Waals surface area contributed by atoms with Gasteiger partial charge in [-0.15, -0.1) is 36.2 Å². The Morgan fingerprint density at radius 1 is 1.60 bits per heavy atom.